The zero-order valence-electron chi connectivity index (χ0n) is 17.5. The summed E-state index contributed by atoms with van der Waals surface area (Å²) >= 11 is 3.65. The lowest BCUT2D eigenvalue weighted by Gasteiger charge is -2.38. The monoisotopic (exact) mass is 463 g/mol. The molecule has 0 atom stereocenters. The predicted molar refractivity (Wildman–Crippen MR) is 117 cm³/mol. The molecule has 0 fully saturated rings. The van der Waals surface area contributed by atoms with Crippen molar-refractivity contribution in [3.05, 3.63) is 29.8 Å². The molecule has 0 aliphatic rings. The third-order valence-corrected chi connectivity index (χ3v) is 6.03. The van der Waals surface area contributed by atoms with Crippen LogP contribution in [-0.4, -0.2) is 49.0 Å². The van der Waals surface area contributed by atoms with Crippen LogP contribution in [0, 0.1) is 6.92 Å². The van der Waals surface area contributed by atoms with Gasteiger partial charge < -0.3 is 9.04 Å². The van der Waals surface area contributed by atoms with E-state index in [0.29, 0.717) is 0 Å². The summed E-state index contributed by atoms with van der Waals surface area (Å²) in [6.07, 6.45) is 8.17. The van der Waals surface area contributed by atoms with Gasteiger partial charge in [0, 0.05) is 0 Å². The molecule has 158 valence electrons. The Morgan fingerprint density at radius 3 is 1.56 bits per heavy atom. The molecule has 4 nitrogen and oxygen atoms in total. The van der Waals surface area contributed by atoms with Crippen molar-refractivity contribution < 1.29 is 17.5 Å². The number of hydrogen-bond donors (Lipinski definition) is 0. The lowest BCUT2D eigenvalue weighted by atomic mass is 10.1. The van der Waals surface area contributed by atoms with Crippen molar-refractivity contribution in [1.82, 2.24) is 0 Å². The van der Waals surface area contributed by atoms with E-state index >= 15 is 0 Å². The van der Waals surface area contributed by atoms with Crippen LogP contribution in [0.2, 0.25) is 0 Å². The van der Waals surface area contributed by atoms with Crippen molar-refractivity contribution in [3.63, 3.8) is 0 Å². The van der Waals surface area contributed by atoms with E-state index in [1.54, 1.807) is 12.1 Å². The molecule has 0 bridgehead atoms. The van der Waals surface area contributed by atoms with Crippen LogP contribution in [0.15, 0.2) is 29.2 Å². The normalized spacial score (nSPS) is 11.8. The van der Waals surface area contributed by atoms with Crippen molar-refractivity contribution in [1.29, 1.82) is 0 Å². The molecule has 0 unspecified atom stereocenters. The Kier molecular flexibility index (Phi) is 14.3. The van der Waals surface area contributed by atoms with Gasteiger partial charge in [0.1, 0.15) is 10.1 Å². The van der Waals surface area contributed by atoms with Gasteiger partial charge >= 0.3 is 0 Å². The number of benzene rings is 1. The summed E-state index contributed by atoms with van der Waals surface area (Å²) in [6.45, 7) is 14.2. The van der Waals surface area contributed by atoms with E-state index in [4.69, 9.17) is 0 Å². The summed E-state index contributed by atoms with van der Waals surface area (Å²) in [5, 5.41) is 1.16. The first kappa shape index (κ1) is 26.6. The highest BCUT2D eigenvalue weighted by molar-refractivity contribution is 9.09. The Morgan fingerprint density at radius 1 is 0.852 bits per heavy atom. The quantitative estimate of drug-likeness (QED) is 0.233. The highest BCUT2D eigenvalue weighted by Crippen LogP contribution is 2.15. The van der Waals surface area contributed by atoms with Crippen LogP contribution in [-0.2, 0) is 10.1 Å². The van der Waals surface area contributed by atoms with E-state index < -0.39 is 10.1 Å². The maximum Gasteiger partial charge on any atom is 0.124 e. The Balaban J connectivity index is 0.000000533. The molecule has 0 heterocycles. The van der Waals surface area contributed by atoms with Gasteiger partial charge in [0.25, 0.3) is 0 Å². The van der Waals surface area contributed by atoms with Crippen LogP contribution in [0.3, 0.4) is 0 Å². The molecular formula is C21H38BrNO3S. The van der Waals surface area contributed by atoms with Gasteiger partial charge in [-0.2, -0.15) is 0 Å². The second-order valence-electron chi connectivity index (χ2n) is 7.25. The number of nitrogens with zero attached hydrogens (tertiary/aromatic N) is 1. The molecule has 0 radical (unpaired) electrons. The standard InChI is InChI=1S/C14H31BrN.C7H8O3S/c1-4-7-11-16(14-10-15,12-8-5-2)13-9-6-3;1-6-2-4-7(5-3-6)11(8,9)10/h4-14H2,1-3H3;2-5H,1H3,(H,8,9,10)/q+1;/p-1. The summed E-state index contributed by atoms with van der Waals surface area (Å²) in [6, 6.07) is 5.78. The minimum atomic E-state index is -4.27. The first-order valence-corrected chi connectivity index (χ1v) is 12.7. The number of unbranched alkanes of at least 4 members (excludes halogenated alkanes) is 3. The third kappa shape index (κ3) is 11.9. The van der Waals surface area contributed by atoms with E-state index in [0.717, 1.165) is 10.9 Å². The summed E-state index contributed by atoms with van der Waals surface area (Å²) < 4.78 is 32.5. The Hall–Kier alpha value is -0.430. The molecule has 0 spiro atoms. The molecule has 1 aromatic rings. The van der Waals surface area contributed by atoms with Gasteiger partial charge in [-0.05, 0) is 38.3 Å². The van der Waals surface area contributed by atoms with Crippen molar-refractivity contribution in [2.75, 3.05) is 31.5 Å². The molecule has 0 amide bonds. The van der Waals surface area contributed by atoms with Gasteiger partial charge in [0.15, 0.2) is 0 Å². The van der Waals surface area contributed by atoms with Crippen molar-refractivity contribution in [3.8, 4) is 0 Å². The average molecular weight is 465 g/mol. The van der Waals surface area contributed by atoms with Gasteiger partial charge in [-0.1, -0.05) is 73.7 Å². The fourth-order valence-electron chi connectivity index (χ4n) is 3.04. The fraction of sp³-hybridized carbons (Fsp3) is 0.714. The fourth-order valence-corrected chi connectivity index (χ4v) is 4.26. The number of alkyl halides is 1. The Morgan fingerprint density at radius 2 is 1.26 bits per heavy atom. The third-order valence-electron chi connectivity index (χ3n) is 4.83. The van der Waals surface area contributed by atoms with Crippen molar-refractivity contribution in [2.45, 2.75) is 71.1 Å². The van der Waals surface area contributed by atoms with Crippen molar-refractivity contribution >= 4 is 26.0 Å². The van der Waals surface area contributed by atoms with E-state index in [1.807, 2.05) is 6.92 Å². The Bertz CT molecular complexity index is 566. The predicted octanol–water partition coefficient (Wildman–Crippen LogP) is 5.50. The summed E-state index contributed by atoms with van der Waals surface area (Å²) in [4.78, 5) is -0.178. The van der Waals surface area contributed by atoms with E-state index in [1.165, 1.54) is 81.3 Å². The van der Waals surface area contributed by atoms with Gasteiger partial charge in [-0.25, -0.2) is 8.42 Å². The molecule has 1 rings (SSSR count). The second kappa shape index (κ2) is 14.6. The maximum atomic E-state index is 10.4. The van der Waals surface area contributed by atoms with Gasteiger partial charge in [-0.3, -0.25) is 0 Å². The molecule has 27 heavy (non-hydrogen) atoms. The first-order valence-electron chi connectivity index (χ1n) is 10.2. The minimum absolute atomic E-state index is 0.178. The highest BCUT2D eigenvalue weighted by atomic mass is 79.9. The lowest BCUT2D eigenvalue weighted by Crippen LogP contribution is -2.51. The van der Waals surface area contributed by atoms with Crippen LogP contribution in [0.25, 0.3) is 0 Å². The summed E-state index contributed by atoms with van der Waals surface area (Å²) in [5.74, 6) is 0. The summed E-state index contributed by atoms with van der Waals surface area (Å²) in [7, 11) is -4.27. The minimum Gasteiger partial charge on any atom is -0.744 e. The molecule has 0 saturated heterocycles. The van der Waals surface area contributed by atoms with Crippen LogP contribution < -0.4 is 0 Å². The molecule has 0 aromatic heterocycles. The molecule has 0 aliphatic carbocycles. The van der Waals surface area contributed by atoms with Crippen LogP contribution in [0.5, 0.6) is 0 Å². The van der Waals surface area contributed by atoms with E-state index in [2.05, 4.69) is 36.7 Å². The molecule has 0 N–H and O–H groups in total. The summed E-state index contributed by atoms with van der Waals surface area (Å²) in [5.41, 5.74) is 0.928. The van der Waals surface area contributed by atoms with Crippen LogP contribution in [0.4, 0.5) is 0 Å². The zero-order chi connectivity index (χ0) is 20.8. The molecule has 0 aliphatic heterocycles. The topological polar surface area (TPSA) is 57.2 Å². The number of aryl methyl sites for hydroxylation is 1. The van der Waals surface area contributed by atoms with Gasteiger partial charge in [0.05, 0.1) is 36.4 Å². The zero-order valence-corrected chi connectivity index (χ0v) is 19.9. The van der Waals surface area contributed by atoms with Crippen LogP contribution in [0.1, 0.15) is 64.9 Å². The molecular weight excluding hydrogens is 426 g/mol. The first-order chi connectivity index (χ1) is 12.7. The number of quaternary nitrogens is 1. The largest absolute Gasteiger partial charge is 0.744 e. The maximum absolute atomic E-state index is 10.4. The molecule has 0 saturated carbocycles. The average Bonchev–Trinajstić information content (AvgIpc) is 2.63. The molecule has 1 aromatic carbocycles. The number of rotatable bonds is 12. The highest BCUT2D eigenvalue weighted by Gasteiger charge is 2.24. The van der Waals surface area contributed by atoms with Gasteiger partial charge in [0.2, 0.25) is 0 Å². The van der Waals surface area contributed by atoms with E-state index in [-0.39, 0.29) is 4.90 Å². The number of halogens is 1. The lowest BCUT2D eigenvalue weighted by molar-refractivity contribution is -0.926. The smallest absolute Gasteiger partial charge is 0.124 e. The number of hydrogen-bond acceptors (Lipinski definition) is 3. The second-order valence-corrected chi connectivity index (χ2v) is 9.43. The van der Waals surface area contributed by atoms with Gasteiger partial charge in [-0.15, -0.1) is 0 Å². The van der Waals surface area contributed by atoms with Crippen LogP contribution >= 0.6 is 15.9 Å². The Labute approximate surface area is 175 Å². The SMILES string of the molecule is CCCC[N+](CCBr)(CCCC)CCCC.Cc1ccc(S(=O)(=O)[O-])cc1. The van der Waals surface area contributed by atoms with E-state index in [9.17, 15) is 13.0 Å². The van der Waals surface area contributed by atoms with Crippen molar-refractivity contribution in [2.24, 2.45) is 0 Å². The molecule has 6 heteroatoms.